The van der Waals surface area contributed by atoms with Crippen molar-refractivity contribution in [2.75, 3.05) is 13.1 Å². The van der Waals surface area contributed by atoms with Crippen molar-refractivity contribution < 1.29 is 21.9 Å². The first kappa shape index (κ1) is 19.5. The fourth-order valence-corrected chi connectivity index (χ4v) is 2.23. The molecule has 1 fully saturated rings. The summed E-state index contributed by atoms with van der Waals surface area (Å²) in [5.41, 5.74) is 12.3. The van der Waals surface area contributed by atoms with E-state index in [1.54, 1.807) is 12.3 Å². The van der Waals surface area contributed by atoms with Crippen molar-refractivity contribution in [3.8, 4) is 0 Å². The number of carbonyl (C=O) groups excluding carboxylic acids is 1. The summed E-state index contributed by atoms with van der Waals surface area (Å²) in [7, 11) is 0. The molecule has 1 atom stereocenters. The third-order valence-electron chi connectivity index (χ3n) is 3.25. The monoisotopic (exact) mass is 380 g/mol. The molecule has 0 bridgehead atoms. The van der Waals surface area contributed by atoms with Gasteiger partial charge in [0.15, 0.2) is 11.4 Å². The SMILES string of the molecule is NC(=S)NNC1CCNC1.O=Cc1cccc2cccnc12.[Cu]. The molecule has 6 nitrogen and oxygen atoms in total. The molecular formula is C15H19CuN5OS. The Kier molecular flexibility index (Phi) is 8.68. The number of nitrogens with one attached hydrogen (secondary N) is 3. The fourth-order valence-electron chi connectivity index (χ4n) is 2.17. The minimum atomic E-state index is 0. The van der Waals surface area contributed by atoms with E-state index in [2.05, 4.69) is 33.4 Å². The number of rotatable bonds is 3. The van der Waals surface area contributed by atoms with Gasteiger partial charge in [0, 0.05) is 46.8 Å². The van der Waals surface area contributed by atoms with E-state index in [1.807, 2.05) is 24.3 Å². The number of aldehydes is 1. The van der Waals surface area contributed by atoms with Crippen LogP contribution in [0.4, 0.5) is 0 Å². The molecule has 1 aromatic carbocycles. The summed E-state index contributed by atoms with van der Waals surface area (Å²) < 4.78 is 0. The summed E-state index contributed by atoms with van der Waals surface area (Å²) in [5, 5.41) is 4.51. The van der Waals surface area contributed by atoms with Crippen LogP contribution in [0.3, 0.4) is 0 Å². The zero-order chi connectivity index (χ0) is 15.8. The van der Waals surface area contributed by atoms with Gasteiger partial charge in [0.1, 0.15) is 0 Å². The molecule has 8 heteroatoms. The van der Waals surface area contributed by atoms with E-state index in [4.69, 9.17) is 5.73 Å². The van der Waals surface area contributed by atoms with Gasteiger partial charge in [0.25, 0.3) is 0 Å². The van der Waals surface area contributed by atoms with Crippen molar-refractivity contribution in [1.82, 2.24) is 21.2 Å². The first-order valence-electron chi connectivity index (χ1n) is 7.01. The number of carbonyl (C=O) groups is 1. The molecule has 0 spiro atoms. The van der Waals surface area contributed by atoms with Gasteiger partial charge in [-0.1, -0.05) is 18.2 Å². The van der Waals surface area contributed by atoms with Gasteiger partial charge >= 0.3 is 0 Å². The van der Waals surface area contributed by atoms with E-state index < -0.39 is 0 Å². The number of nitrogens with zero attached hydrogens (tertiary/aromatic N) is 1. The number of hydrogen-bond acceptors (Lipinski definition) is 5. The molecule has 1 aliphatic rings. The number of fused-ring (bicyclic) bond motifs is 1. The summed E-state index contributed by atoms with van der Waals surface area (Å²) >= 11 is 4.61. The average molecular weight is 381 g/mol. The maximum absolute atomic E-state index is 10.6. The van der Waals surface area contributed by atoms with Crippen LogP contribution in [-0.4, -0.2) is 35.5 Å². The van der Waals surface area contributed by atoms with Crippen molar-refractivity contribution in [3.63, 3.8) is 0 Å². The molecule has 2 aromatic rings. The largest absolute Gasteiger partial charge is 0.375 e. The molecule has 0 aliphatic carbocycles. The maximum Gasteiger partial charge on any atom is 0.178 e. The van der Waals surface area contributed by atoms with Crippen molar-refractivity contribution in [1.29, 1.82) is 0 Å². The minimum Gasteiger partial charge on any atom is -0.375 e. The van der Waals surface area contributed by atoms with Gasteiger partial charge in [-0.05, 0) is 37.3 Å². The molecule has 1 radical (unpaired) electrons. The Hall–Kier alpha value is -1.57. The Bertz CT molecular complexity index is 643. The molecule has 1 aromatic heterocycles. The number of thiocarbonyl (C=S) groups is 1. The number of nitrogens with two attached hydrogens (primary N) is 1. The van der Waals surface area contributed by atoms with Gasteiger partial charge < -0.3 is 11.1 Å². The summed E-state index contributed by atoms with van der Waals surface area (Å²) in [6.07, 6.45) is 3.64. The smallest absolute Gasteiger partial charge is 0.178 e. The molecule has 0 saturated carbocycles. The molecule has 23 heavy (non-hydrogen) atoms. The van der Waals surface area contributed by atoms with Crippen LogP contribution >= 0.6 is 12.2 Å². The fraction of sp³-hybridized carbons (Fsp3) is 0.267. The van der Waals surface area contributed by atoms with E-state index in [-0.39, 0.29) is 17.1 Å². The van der Waals surface area contributed by atoms with Gasteiger partial charge in [-0.25, -0.2) is 5.43 Å². The third kappa shape index (κ3) is 6.21. The van der Waals surface area contributed by atoms with E-state index >= 15 is 0 Å². The van der Waals surface area contributed by atoms with E-state index in [9.17, 15) is 4.79 Å². The number of benzene rings is 1. The topological polar surface area (TPSA) is 92.1 Å². The molecule has 1 saturated heterocycles. The summed E-state index contributed by atoms with van der Waals surface area (Å²) in [4.78, 5) is 14.7. The molecule has 3 rings (SSSR count). The predicted octanol–water partition coefficient (Wildman–Crippen LogP) is 0.731. The Morgan fingerprint density at radius 2 is 2.17 bits per heavy atom. The molecule has 2 heterocycles. The van der Waals surface area contributed by atoms with Crippen LogP contribution in [0.25, 0.3) is 10.9 Å². The summed E-state index contributed by atoms with van der Waals surface area (Å²) in [5.74, 6) is 0. The van der Waals surface area contributed by atoms with Gasteiger partial charge in [-0.2, -0.15) is 0 Å². The number of pyridine rings is 1. The van der Waals surface area contributed by atoms with Gasteiger partial charge in [0.2, 0.25) is 0 Å². The standard InChI is InChI=1S/C10H7NO.C5H12N4S.Cu/c12-7-9-4-1-3-8-5-2-6-11-10(8)9;6-5(10)9-8-4-1-2-7-3-4;/h1-7H;4,7-8H,1-3H2,(H3,6,9,10);. The third-order valence-corrected chi connectivity index (χ3v) is 3.35. The quantitative estimate of drug-likeness (QED) is 0.270. The molecule has 0 amide bonds. The van der Waals surface area contributed by atoms with Crippen molar-refractivity contribution in [2.24, 2.45) is 5.73 Å². The molecular weight excluding hydrogens is 362 g/mol. The van der Waals surface area contributed by atoms with Crippen molar-refractivity contribution >= 4 is 34.5 Å². The number of aromatic nitrogens is 1. The molecule has 5 N–H and O–H groups in total. The maximum atomic E-state index is 10.6. The molecule has 1 aliphatic heterocycles. The predicted molar refractivity (Wildman–Crippen MR) is 91.5 cm³/mol. The first-order chi connectivity index (χ1) is 10.7. The Morgan fingerprint density at radius 1 is 1.39 bits per heavy atom. The van der Waals surface area contributed by atoms with Crippen molar-refractivity contribution in [2.45, 2.75) is 12.5 Å². The van der Waals surface area contributed by atoms with E-state index in [0.29, 0.717) is 16.7 Å². The second-order valence-electron chi connectivity index (χ2n) is 4.86. The van der Waals surface area contributed by atoms with Crippen molar-refractivity contribution in [3.05, 3.63) is 42.1 Å². The minimum absolute atomic E-state index is 0. The first-order valence-corrected chi connectivity index (χ1v) is 7.42. The zero-order valence-electron chi connectivity index (χ0n) is 12.4. The van der Waals surface area contributed by atoms with Crippen LogP contribution in [0, 0.1) is 0 Å². The Morgan fingerprint density at radius 3 is 2.83 bits per heavy atom. The van der Waals surface area contributed by atoms with E-state index in [0.717, 1.165) is 36.7 Å². The normalized spacial score (nSPS) is 15.9. The van der Waals surface area contributed by atoms with E-state index in [1.165, 1.54) is 0 Å². The number of para-hydroxylation sites is 1. The van der Waals surface area contributed by atoms with Crippen LogP contribution in [-0.2, 0) is 17.1 Å². The second kappa shape index (κ2) is 10.3. The van der Waals surface area contributed by atoms with Gasteiger partial charge in [-0.3, -0.25) is 15.2 Å². The summed E-state index contributed by atoms with van der Waals surface area (Å²) in [6, 6.07) is 9.82. The average Bonchev–Trinajstić information content (AvgIpc) is 3.06. The molecule has 127 valence electrons. The van der Waals surface area contributed by atoms with Crippen LogP contribution in [0.15, 0.2) is 36.5 Å². The van der Waals surface area contributed by atoms with Crippen LogP contribution in [0.5, 0.6) is 0 Å². The zero-order valence-corrected chi connectivity index (χ0v) is 14.1. The van der Waals surface area contributed by atoms with Crippen LogP contribution in [0.2, 0.25) is 0 Å². The summed E-state index contributed by atoms with van der Waals surface area (Å²) in [6.45, 7) is 2.05. The van der Waals surface area contributed by atoms with Gasteiger partial charge in [-0.15, -0.1) is 0 Å². The number of hydrogen-bond donors (Lipinski definition) is 4. The Labute approximate surface area is 151 Å². The molecule has 1 unspecified atom stereocenters. The Balaban J connectivity index is 0.000000224. The van der Waals surface area contributed by atoms with Crippen LogP contribution in [0.1, 0.15) is 16.8 Å². The second-order valence-corrected chi connectivity index (χ2v) is 5.30. The van der Waals surface area contributed by atoms with Crippen LogP contribution < -0.4 is 21.9 Å². The number of hydrazine groups is 1. The van der Waals surface area contributed by atoms with Gasteiger partial charge in [0.05, 0.1) is 5.52 Å².